The first kappa shape index (κ1) is 18.5. The maximum Gasteiger partial charge on any atom is 0.333 e. The largest absolute Gasteiger partial charge is 0.425 e. The van der Waals surface area contributed by atoms with Crippen LogP contribution >= 0.6 is 0 Å². The first-order valence-electron chi connectivity index (χ1n) is 9.78. The number of fused-ring (bicyclic) bond motifs is 2. The molecular weight excluding hydrogens is 352 g/mol. The third-order valence-corrected chi connectivity index (χ3v) is 5.72. The van der Waals surface area contributed by atoms with Crippen LogP contribution in [0.1, 0.15) is 61.5 Å². The van der Waals surface area contributed by atoms with E-state index in [1.165, 1.54) is 0 Å². The molecule has 2 atom stereocenters. The topological polar surface area (TPSA) is 58.6 Å². The van der Waals surface area contributed by atoms with E-state index in [1.54, 1.807) is 17.9 Å². The molecule has 0 spiro atoms. The first-order chi connectivity index (χ1) is 13.2. The monoisotopic (exact) mass is 378 g/mol. The van der Waals surface area contributed by atoms with Crippen molar-refractivity contribution < 1.29 is 14.3 Å². The summed E-state index contributed by atoms with van der Waals surface area (Å²) in [4.78, 5) is 26.9. The van der Waals surface area contributed by atoms with Crippen molar-refractivity contribution >= 4 is 17.6 Å². The Labute approximate surface area is 165 Å². The van der Waals surface area contributed by atoms with Crippen LogP contribution in [0.15, 0.2) is 42.5 Å². The standard InChI is InChI=1S/C23H26N2O3/c1-14-12-23(3,4)24-20-10-9-17(11-19(14)20)28-22(27)15(2)25-13-16-7-5-6-8-18(16)21(25)26/h5-11,14-15,24H,12-13H2,1-4H3/t14-,15-/m1/s1. The van der Waals surface area contributed by atoms with Crippen LogP contribution in [0.25, 0.3) is 0 Å². The maximum absolute atomic E-state index is 12.7. The molecule has 1 amide bonds. The third-order valence-electron chi connectivity index (χ3n) is 5.72. The highest BCUT2D eigenvalue weighted by Crippen LogP contribution is 2.40. The Hall–Kier alpha value is -2.82. The molecule has 146 valence electrons. The number of ether oxygens (including phenoxy) is 1. The van der Waals surface area contributed by atoms with E-state index in [9.17, 15) is 9.59 Å². The van der Waals surface area contributed by atoms with E-state index in [0.29, 0.717) is 23.8 Å². The van der Waals surface area contributed by atoms with E-state index >= 15 is 0 Å². The SMILES string of the molecule is C[C@@H]1CC(C)(C)Nc2ccc(OC(=O)[C@@H](C)N3Cc4ccccc4C3=O)cc21. The van der Waals surface area contributed by atoms with Crippen molar-refractivity contribution in [2.45, 2.75) is 58.2 Å². The molecule has 0 unspecified atom stereocenters. The maximum atomic E-state index is 12.7. The zero-order chi connectivity index (χ0) is 20.1. The molecule has 2 aromatic rings. The van der Waals surface area contributed by atoms with Crippen molar-refractivity contribution in [1.82, 2.24) is 4.90 Å². The number of rotatable bonds is 3. The molecule has 28 heavy (non-hydrogen) atoms. The summed E-state index contributed by atoms with van der Waals surface area (Å²) in [6.45, 7) is 8.72. The summed E-state index contributed by atoms with van der Waals surface area (Å²) in [5.41, 5.74) is 3.90. The summed E-state index contributed by atoms with van der Waals surface area (Å²) < 4.78 is 5.64. The third kappa shape index (κ3) is 3.26. The molecule has 2 heterocycles. The van der Waals surface area contributed by atoms with Gasteiger partial charge in [-0.05, 0) is 68.5 Å². The number of anilines is 1. The van der Waals surface area contributed by atoms with E-state index in [2.05, 4.69) is 26.1 Å². The van der Waals surface area contributed by atoms with Crippen LogP contribution in [0.4, 0.5) is 5.69 Å². The van der Waals surface area contributed by atoms with Gasteiger partial charge in [-0.2, -0.15) is 0 Å². The molecule has 4 rings (SSSR count). The molecule has 0 saturated heterocycles. The molecule has 0 fully saturated rings. The van der Waals surface area contributed by atoms with Gasteiger partial charge in [-0.1, -0.05) is 25.1 Å². The van der Waals surface area contributed by atoms with Crippen molar-refractivity contribution in [3.8, 4) is 5.75 Å². The number of esters is 1. The van der Waals surface area contributed by atoms with E-state index in [1.807, 2.05) is 36.4 Å². The highest BCUT2D eigenvalue weighted by molar-refractivity contribution is 6.00. The van der Waals surface area contributed by atoms with E-state index < -0.39 is 12.0 Å². The van der Waals surface area contributed by atoms with Gasteiger partial charge in [0, 0.05) is 23.3 Å². The van der Waals surface area contributed by atoms with Crippen LogP contribution in [0.2, 0.25) is 0 Å². The summed E-state index contributed by atoms with van der Waals surface area (Å²) in [7, 11) is 0. The number of carbonyl (C=O) groups is 2. The number of hydrogen-bond acceptors (Lipinski definition) is 4. The van der Waals surface area contributed by atoms with Crippen molar-refractivity contribution in [2.24, 2.45) is 0 Å². The molecule has 0 bridgehead atoms. The molecule has 0 aromatic heterocycles. The molecule has 0 saturated carbocycles. The number of nitrogens with one attached hydrogen (secondary N) is 1. The van der Waals surface area contributed by atoms with Crippen LogP contribution in [0, 0.1) is 0 Å². The van der Waals surface area contributed by atoms with Gasteiger partial charge in [-0.25, -0.2) is 4.79 Å². The average Bonchev–Trinajstić information content (AvgIpc) is 2.98. The Morgan fingerprint density at radius 2 is 2.00 bits per heavy atom. The van der Waals surface area contributed by atoms with Gasteiger partial charge in [0.25, 0.3) is 5.91 Å². The van der Waals surface area contributed by atoms with Gasteiger partial charge in [-0.3, -0.25) is 4.79 Å². The first-order valence-corrected chi connectivity index (χ1v) is 9.78. The van der Waals surface area contributed by atoms with Gasteiger partial charge in [0.05, 0.1) is 0 Å². The van der Waals surface area contributed by atoms with Crippen LogP contribution in [0.5, 0.6) is 5.75 Å². The summed E-state index contributed by atoms with van der Waals surface area (Å²) >= 11 is 0. The summed E-state index contributed by atoms with van der Waals surface area (Å²) in [6.07, 6.45) is 1.01. The second-order valence-corrected chi connectivity index (χ2v) is 8.55. The van der Waals surface area contributed by atoms with Gasteiger partial charge in [0.2, 0.25) is 0 Å². The Morgan fingerprint density at radius 1 is 1.25 bits per heavy atom. The lowest BCUT2D eigenvalue weighted by Gasteiger charge is -2.37. The summed E-state index contributed by atoms with van der Waals surface area (Å²) in [5.74, 6) is 0.355. The Bertz CT molecular complexity index is 951. The molecule has 2 aliphatic heterocycles. The van der Waals surface area contributed by atoms with Gasteiger partial charge in [-0.15, -0.1) is 0 Å². The van der Waals surface area contributed by atoms with Crippen molar-refractivity contribution in [3.63, 3.8) is 0 Å². The van der Waals surface area contributed by atoms with Gasteiger partial charge in [0.15, 0.2) is 0 Å². The van der Waals surface area contributed by atoms with E-state index in [-0.39, 0.29) is 11.4 Å². The van der Waals surface area contributed by atoms with Crippen LogP contribution in [-0.2, 0) is 11.3 Å². The fourth-order valence-corrected chi connectivity index (χ4v) is 4.34. The minimum absolute atomic E-state index is 0.0459. The quantitative estimate of drug-likeness (QED) is 0.638. The van der Waals surface area contributed by atoms with Gasteiger partial charge in [0.1, 0.15) is 11.8 Å². The minimum atomic E-state index is -0.648. The van der Waals surface area contributed by atoms with Gasteiger partial charge >= 0.3 is 5.97 Å². The normalized spacial score (nSPS) is 20.8. The average molecular weight is 378 g/mol. The Morgan fingerprint density at radius 3 is 2.75 bits per heavy atom. The lowest BCUT2D eigenvalue weighted by atomic mass is 9.82. The number of nitrogens with zero attached hydrogens (tertiary/aromatic N) is 1. The Kier molecular flexibility index (Phi) is 4.41. The molecule has 5 heteroatoms. The van der Waals surface area contributed by atoms with Crippen LogP contribution in [0.3, 0.4) is 0 Å². The van der Waals surface area contributed by atoms with Crippen molar-refractivity contribution in [2.75, 3.05) is 5.32 Å². The van der Waals surface area contributed by atoms with E-state index in [0.717, 1.165) is 23.2 Å². The second kappa shape index (κ2) is 6.66. The predicted octanol–water partition coefficient (Wildman–Crippen LogP) is 4.33. The fourth-order valence-electron chi connectivity index (χ4n) is 4.34. The Balaban J connectivity index is 1.49. The lowest BCUT2D eigenvalue weighted by Crippen LogP contribution is -2.41. The highest BCUT2D eigenvalue weighted by atomic mass is 16.5. The summed E-state index contributed by atoms with van der Waals surface area (Å²) in [6, 6.07) is 12.5. The van der Waals surface area contributed by atoms with Gasteiger partial charge < -0.3 is 15.0 Å². The molecule has 0 aliphatic carbocycles. The van der Waals surface area contributed by atoms with Crippen LogP contribution in [-0.4, -0.2) is 28.4 Å². The molecule has 0 radical (unpaired) electrons. The van der Waals surface area contributed by atoms with E-state index in [4.69, 9.17) is 4.74 Å². The fraction of sp³-hybridized carbons (Fsp3) is 0.391. The summed E-state index contributed by atoms with van der Waals surface area (Å²) in [5, 5.41) is 3.54. The zero-order valence-electron chi connectivity index (χ0n) is 16.8. The predicted molar refractivity (Wildman–Crippen MR) is 109 cm³/mol. The molecule has 2 aromatic carbocycles. The van der Waals surface area contributed by atoms with Crippen LogP contribution < -0.4 is 10.1 Å². The number of hydrogen-bond donors (Lipinski definition) is 1. The molecule has 5 nitrogen and oxygen atoms in total. The molecular formula is C23H26N2O3. The number of benzene rings is 2. The highest BCUT2D eigenvalue weighted by Gasteiger charge is 2.35. The second-order valence-electron chi connectivity index (χ2n) is 8.55. The van der Waals surface area contributed by atoms with Crippen molar-refractivity contribution in [1.29, 1.82) is 0 Å². The lowest BCUT2D eigenvalue weighted by molar-refractivity contribution is -0.139. The number of amides is 1. The minimum Gasteiger partial charge on any atom is -0.425 e. The zero-order valence-corrected chi connectivity index (χ0v) is 16.8. The molecule has 1 N–H and O–H groups in total. The molecule has 2 aliphatic rings. The van der Waals surface area contributed by atoms with Crippen molar-refractivity contribution in [3.05, 3.63) is 59.2 Å². The smallest absolute Gasteiger partial charge is 0.333 e. The number of carbonyl (C=O) groups excluding carboxylic acids is 2.